The molecule has 0 saturated carbocycles. The second-order valence-electron chi connectivity index (χ2n) is 3.92. The predicted octanol–water partition coefficient (Wildman–Crippen LogP) is 1.99. The molecule has 3 N–H and O–H groups in total. The monoisotopic (exact) mass is 338 g/mol. The lowest BCUT2D eigenvalue weighted by molar-refractivity contribution is 0.526. The molecule has 0 aromatic heterocycles. The molecule has 102 valence electrons. The summed E-state index contributed by atoms with van der Waals surface area (Å²) in [6.07, 6.45) is 1.47. The maximum absolute atomic E-state index is 13.3. The third-order valence-corrected chi connectivity index (χ3v) is 4.61. The Morgan fingerprint density at radius 3 is 2.67 bits per heavy atom. The Morgan fingerprint density at radius 1 is 1.50 bits per heavy atom. The van der Waals surface area contributed by atoms with Gasteiger partial charge in [-0.1, -0.05) is 13.3 Å². The molecule has 1 aromatic rings. The van der Waals surface area contributed by atoms with Gasteiger partial charge in [0.25, 0.3) is 0 Å². The summed E-state index contributed by atoms with van der Waals surface area (Å²) in [7, 11) is -3.72. The summed E-state index contributed by atoms with van der Waals surface area (Å²) in [6.45, 7) is 2.16. The molecule has 0 radical (unpaired) electrons. The standard InChI is InChI=1S/C11H16BrFN2O2S/c1-2-3-8(7-14)15-18(16,17)9-4-5-10(12)11(13)6-9/h4-6,8,15H,2-3,7,14H2,1H3. The van der Waals surface area contributed by atoms with E-state index in [2.05, 4.69) is 20.7 Å². The minimum Gasteiger partial charge on any atom is -0.329 e. The molecule has 4 nitrogen and oxygen atoms in total. The van der Waals surface area contributed by atoms with Crippen molar-refractivity contribution in [3.8, 4) is 0 Å². The molecule has 1 atom stereocenters. The Balaban J connectivity index is 2.95. The van der Waals surface area contributed by atoms with Crippen LogP contribution in [0.1, 0.15) is 19.8 Å². The molecule has 1 unspecified atom stereocenters. The Bertz CT molecular complexity index is 508. The van der Waals surface area contributed by atoms with Gasteiger partial charge in [0.05, 0.1) is 9.37 Å². The van der Waals surface area contributed by atoms with Gasteiger partial charge < -0.3 is 5.73 Å². The molecule has 0 amide bonds. The molecular formula is C11H16BrFN2O2S. The number of rotatable bonds is 6. The van der Waals surface area contributed by atoms with E-state index in [4.69, 9.17) is 5.73 Å². The molecular weight excluding hydrogens is 323 g/mol. The molecule has 0 heterocycles. The van der Waals surface area contributed by atoms with Crippen LogP contribution in [-0.4, -0.2) is 21.0 Å². The van der Waals surface area contributed by atoms with E-state index in [0.29, 0.717) is 6.42 Å². The van der Waals surface area contributed by atoms with E-state index in [1.807, 2.05) is 6.92 Å². The van der Waals surface area contributed by atoms with Gasteiger partial charge in [0.1, 0.15) is 5.82 Å². The molecule has 0 aliphatic carbocycles. The number of halogens is 2. The van der Waals surface area contributed by atoms with Crippen molar-refractivity contribution >= 4 is 26.0 Å². The van der Waals surface area contributed by atoms with Gasteiger partial charge in [-0.05, 0) is 40.5 Å². The maximum Gasteiger partial charge on any atom is 0.240 e. The van der Waals surface area contributed by atoms with Crippen molar-refractivity contribution in [3.63, 3.8) is 0 Å². The van der Waals surface area contributed by atoms with Crippen LogP contribution in [0.2, 0.25) is 0 Å². The fraction of sp³-hybridized carbons (Fsp3) is 0.455. The van der Waals surface area contributed by atoms with Gasteiger partial charge in [-0.25, -0.2) is 17.5 Å². The van der Waals surface area contributed by atoms with Crippen LogP contribution in [0.25, 0.3) is 0 Å². The van der Waals surface area contributed by atoms with Crippen LogP contribution < -0.4 is 10.5 Å². The first kappa shape index (κ1) is 15.6. The smallest absolute Gasteiger partial charge is 0.240 e. The highest BCUT2D eigenvalue weighted by molar-refractivity contribution is 9.10. The average Bonchev–Trinajstić information content (AvgIpc) is 2.31. The van der Waals surface area contributed by atoms with E-state index in [-0.39, 0.29) is 22.0 Å². The Kier molecular flexibility index (Phi) is 5.71. The lowest BCUT2D eigenvalue weighted by atomic mass is 10.2. The van der Waals surface area contributed by atoms with Crippen LogP contribution in [0.5, 0.6) is 0 Å². The number of nitrogens with one attached hydrogen (secondary N) is 1. The number of sulfonamides is 1. The zero-order valence-electron chi connectivity index (χ0n) is 9.99. The lowest BCUT2D eigenvalue weighted by Crippen LogP contribution is -2.40. The fourth-order valence-corrected chi connectivity index (χ4v) is 3.05. The normalized spacial score (nSPS) is 13.6. The van der Waals surface area contributed by atoms with Crippen molar-refractivity contribution < 1.29 is 12.8 Å². The highest BCUT2D eigenvalue weighted by Gasteiger charge is 2.19. The van der Waals surface area contributed by atoms with E-state index in [1.165, 1.54) is 12.1 Å². The lowest BCUT2D eigenvalue weighted by Gasteiger charge is -2.16. The maximum atomic E-state index is 13.3. The molecule has 7 heteroatoms. The number of hydrogen-bond donors (Lipinski definition) is 2. The Labute approximate surface area is 115 Å². The van der Waals surface area contributed by atoms with Crippen LogP contribution in [0.3, 0.4) is 0 Å². The fourth-order valence-electron chi connectivity index (χ4n) is 1.50. The molecule has 0 bridgehead atoms. The number of hydrogen-bond acceptors (Lipinski definition) is 3. The minimum absolute atomic E-state index is 0.0993. The average molecular weight is 339 g/mol. The molecule has 0 spiro atoms. The first-order valence-corrected chi connectivity index (χ1v) is 7.85. The summed E-state index contributed by atoms with van der Waals surface area (Å²) in [5, 5.41) is 0. The van der Waals surface area contributed by atoms with Gasteiger partial charge in [0, 0.05) is 12.6 Å². The zero-order valence-corrected chi connectivity index (χ0v) is 12.4. The van der Waals surface area contributed by atoms with Crippen molar-refractivity contribution in [3.05, 3.63) is 28.5 Å². The third kappa shape index (κ3) is 4.01. The molecule has 0 saturated heterocycles. The Morgan fingerprint density at radius 2 is 2.17 bits per heavy atom. The van der Waals surface area contributed by atoms with Crippen molar-refractivity contribution in [2.45, 2.75) is 30.7 Å². The summed E-state index contributed by atoms with van der Waals surface area (Å²) in [4.78, 5) is -0.0993. The third-order valence-electron chi connectivity index (χ3n) is 2.44. The van der Waals surface area contributed by atoms with E-state index in [1.54, 1.807) is 0 Å². The van der Waals surface area contributed by atoms with Crippen LogP contribution in [0.4, 0.5) is 4.39 Å². The summed E-state index contributed by atoms with van der Waals surface area (Å²) >= 11 is 2.98. The van der Waals surface area contributed by atoms with Crippen LogP contribution in [0.15, 0.2) is 27.6 Å². The van der Waals surface area contributed by atoms with E-state index < -0.39 is 15.8 Å². The minimum atomic E-state index is -3.72. The molecule has 0 aliphatic heterocycles. The summed E-state index contributed by atoms with van der Waals surface area (Å²) in [5.74, 6) is -0.613. The topological polar surface area (TPSA) is 72.2 Å². The largest absolute Gasteiger partial charge is 0.329 e. The van der Waals surface area contributed by atoms with Crippen LogP contribution in [0, 0.1) is 5.82 Å². The van der Waals surface area contributed by atoms with Gasteiger partial charge in [0.2, 0.25) is 10.0 Å². The molecule has 0 aliphatic rings. The first-order valence-electron chi connectivity index (χ1n) is 5.58. The summed E-state index contributed by atoms with van der Waals surface area (Å²) in [6, 6.07) is 3.36. The highest BCUT2D eigenvalue weighted by Crippen LogP contribution is 2.19. The summed E-state index contributed by atoms with van der Waals surface area (Å²) < 4.78 is 40.0. The molecule has 1 aromatic carbocycles. The number of benzene rings is 1. The van der Waals surface area contributed by atoms with Crippen molar-refractivity contribution in [1.29, 1.82) is 0 Å². The summed E-state index contributed by atoms with van der Waals surface area (Å²) in [5.41, 5.74) is 5.49. The van der Waals surface area contributed by atoms with Gasteiger partial charge in [-0.15, -0.1) is 0 Å². The van der Waals surface area contributed by atoms with E-state index in [9.17, 15) is 12.8 Å². The van der Waals surface area contributed by atoms with Crippen molar-refractivity contribution in [1.82, 2.24) is 4.72 Å². The molecule has 0 fully saturated rings. The Hall–Kier alpha value is -0.500. The predicted molar refractivity (Wildman–Crippen MR) is 72.2 cm³/mol. The van der Waals surface area contributed by atoms with E-state index in [0.717, 1.165) is 12.5 Å². The van der Waals surface area contributed by atoms with Gasteiger partial charge in [0.15, 0.2) is 0 Å². The van der Waals surface area contributed by atoms with Crippen molar-refractivity contribution in [2.24, 2.45) is 5.73 Å². The first-order chi connectivity index (χ1) is 8.40. The molecule has 18 heavy (non-hydrogen) atoms. The van der Waals surface area contributed by atoms with Gasteiger partial charge in [-0.2, -0.15) is 0 Å². The van der Waals surface area contributed by atoms with Gasteiger partial charge >= 0.3 is 0 Å². The van der Waals surface area contributed by atoms with Crippen LogP contribution >= 0.6 is 15.9 Å². The zero-order chi connectivity index (χ0) is 13.8. The quantitative estimate of drug-likeness (QED) is 0.833. The van der Waals surface area contributed by atoms with Crippen molar-refractivity contribution in [2.75, 3.05) is 6.54 Å². The molecule has 1 rings (SSSR count). The second-order valence-corrected chi connectivity index (χ2v) is 6.49. The van der Waals surface area contributed by atoms with E-state index >= 15 is 0 Å². The SMILES string of the molecule is CCCC(CN)NS(=O)(=O)c1ccc(Br)c(F)c1. The highest BCUT2D eigenvalue weighted by atomic mass is 79.9. The second kappa shape index (κ2) is 6.60. The van der Waals surface area contributed by atoms with Crippen LogP contribution in [-0.2, 0) is 10.0 Å². The number of nitrogens with two attached hydrogens (primary N) is 1. The van der Waals surface area contributed by atoms with Gasteiger partial charge in [-0.3, -0.25) is 0 Å².